The molecule has 0 atom stereocenters. The van der Waals surface area contributed by atoms with E-state index in [-0.39, 0.29) is 10.1 Å². The van der Waals surface area contributed by atoms with E-state index in [0.717, 1.165) is 23.7 Å². The summed E-state index contributed by atoms with van der Waals surface area (Å²) in [7, 11) is 0. The zero-order valence-electron chi connectivity index (χ0n) is 5.73. The number of aromatic nitrogens is 1. The number of aromatic amines is 1. The van der Waals surface area contributed by atoms with Crippen molar-refractivity contribution in [3.8, 4) is 0 Å². The van der Waals surface area contributed by atoms with Crippen molar-refractivity contribution in [3.63, 3.8) is 0 Å². The summed E-state index contributed by atoms with van der Waals surface area (Å²) < 4.78 is 27.9. The lowest BCUT2D eigenvalue weighted by Crippen LogP contribution is -1.96. The minimum Gasteiger partial charge on any atom is -0.277 e. The molecule has 0 fully saturated rings. The van der Waals surface area contributed by atoms with Gasteiger partial charge in [0.25, 0.3) is 5.56 Å². The van der Waals surface area contributed by atoms with Gasteiger partial charge in [-0.3, -0.25) is 9.17 Å². The van der Waals surface area contributed by atoms with E-state index >= 15 is 0 Å². The minimum atomic E-state index is -0.732. The highest BCUT2D eigenvalue weighted by molar-refractivity contribution is 7.13. The summed E-state index contributed by atoms with van der Waals surface area (Å²) in [4.78, 5) is 10.9. The van der Waals surface area contributed by atoms with E-state index in [1.165, 1.54) is 0 Å². The Labute approximate surface area is 69.6 Å². The van der Waals surface area contributed by atoms with E-state index in [2.05, 4.69) is 4.37 Å². The Kier molecular flexibility index (Phi) is 1.47. The second-order valence-corrected chi connectivity index (χ2v) is 3.11. The highest BCUT2D eigenvalue weighted by atomic mass is 32.1. The van der Waals surface area contributed by atoms with Crippen molar-refractivity contribution in [2.24, 2.45) is 0 Å². The highest BCUT2D eigenvalue weighted by Gasteiger charge is 2.08. The highest BCUT2D eigenvalue weighted by Crippen LogP contribution is 2.19. The number of fused-ring (bicyclic) bond motifs is 1. The molecule has 0 amide bonds. The Balaban J connectivity index is 3.02. The standard InChI is InChI=1S/C7H3F2NOS/c8-3-1-4-6(5(9)2-3)12-10-7(4)11/h1-2H,(H,10,11). The van der Waals surface area contributed by atoms with Crippen LogP contribution in [-0.4, -0.2) is 4.37 Å². The summed E-state index contributed by atoms with van der Waals surface area (Å²) in [6.45, 7) is 0. The Bertz CT molecular complexity index is 488. The molecule has 12 heavy (non-hydrogen) atoms. The molecule has 0 saturated heterocycles. The molecule has 5 heteroatoms. The fourth-order valence-corrected chi connectivity index (χ4v) is 1.71. The van der Waals surface area contributed by atoms with Crippen LogP contribution in [0.3, 0.4) is 0 Å². The Morgan fingerprint density at radius 2 is 2.08 bits per heavy atom. The van der Waals surface area contributed by atoms with Gasteiger partial charge in [0.1, 0.15) is 11.6 Å². The first-order valence-corrected chi connectivity index (χ1v) is 3.96. The van der Waals surface area contributed by atoms with Crippen LogP contribution in [0.4, 0.5) is 8.78 Å². The van der Waals surface area contributed by atoms with Crippen LogP contribution in [0.15, 0.2) is 16.9 Å². The first-order valence-electron chi connectivity index (χ1n) is 3.15. The molecule has 1 aromatic heterocycles. The van der Waals surface area contributed by atoms with Crippen molar-refractivity contribution in [1.29, 1.82) is 0 Å². The van der Waals surface area contributed by atoms with Crippen molar-refractivity contribution in [2.75, 3.05) is 0 Å². The molecule has 0 aliphatic carbocycles. The molecular weight excluding hydrogens is 184 g/mol. The van der Waals surface area contributed by atoms with E-state index in [1.54, 1.807) is 0 Å². The second-order valence-electron chi connectivity index (χ2n) is 2.30. The van der Waals surface area contributed by atoms with Gasteiger partial charge in [0, 0.05) is 6.07 Å². The number of hydrogen-bond acceptors (Lipinski definition) is 2. The summed E-state index contributed by atoms with van der Waals surface area (Å²) in [5.74, 6) is -1.43. The Hall–Kier alpha value is -1.23. The summed E-state index contributed by atoms with van der Waals surface area (Å²) >= 11 is 0.870. The van der Waals surface area contributed by atoms with Crippen LogP contribution in [0.1, 0.15) is 0 Å². The van der Waals surface area contributed by atoms with Gasteiger partial charge in [-0.2, -0.15) is 0 Å². The minimum absolute atomic E-state index is 0.0671. The van der Waals surface area contributed by atoms with Gasteiger partial charge < -0.3 is 0 Å². The van der Waals surface area contributed by atoms with Gasteiger partial charge in [-0.1, -0.05) is 11.5 Å². The first-order chi connectivity index (χ1) is 5.68. The Morgan fingerprint density at radius 1 is 1.33 bits per heavy atom. The van der Waals surface area contributed by atoms with Crippen molar-refractivity contribution < 1.29 is 8.78 Å². The van der Waals surface area contributed by atoms with Crippen LogP contribution < -0.4 is 5.56 Å². The third-order valence-electron chi connectivity index (χ3n) is 1.50. The van der Waals surface area contributed by atoms with E-state index in [4.69, 9.17) is 0 Å². The third kappa shape index (κ3) is 0.937. The lowest BCUT2D eigenvalue weighted by Gasteiger charge is -1.89. The smallest absolute Gasteiger partial charge is 0.266 e. The fourth-order valence-electron chi connectivity index (χ4n) is 0.985. The largest absolute Gasteiger partial charge is 0.277 e. The van der Waals surface area contributed by atoms with Crippen molar-refractivity contribution in [1.82, 2.24) is 4.37 Å². The lowest BCUT2D eigenvalue weighted by molar-refractivity contribution is 0.593. The number of halogens is 2. The van der Waals surface area contributed by atoms with Gasteiger partial charge in [-0.15, -0.1) is 0 Å². The van der Waals surface area contributed by atoms with Crippen LogP contribution in [0.2, 0.25) is 0 Å². The third-order valence-corrected chi connectivity index (χ3v) is 2.41. The number of rotatable bonds is 0. The van der Waals surface area contributed by atoms with Crippen LogP contribution in [0.25, 0.3) is 10.1 Å². The maximum atomic E-state index is 12.9. The SMILES string of the molecule is O=c1[nH]sc2c(F)cc(F)cc12. The summed E-state index contributed by atoms with van der Waals surface area (Å²) in [5.41, 5.74) is -0.451. The molecule has 0 radical (unpaired) electrons. The molecule has 0 unspecified atom stereocenters. The number of H-pyrrole nitrogens is 1. The molecule has 1 heterocycles. The number of nitrogens with one attached hydrogen (secondary N) is 1. The van der Waals surface area contributed by atoms with Gasteiger partial charge in [0.05, 0.1) is 10.1 Å². The zero-order valence-corrected chi connectivity index (χ0v) is 6.54. The zero-order chi connectivity index (χ0) is 8.72. The lowest BCUT2D eigenvalue weighted by atomic mass is 10.2. The monoisotopic (exact) mass is 187 g/mol. The number of benzene rings is 1. The molecule has 1 N–H and O–H groups in total. The molecule has 62 valence electrons. The van der Waals surface area contributed by atoms with Gasteiger partial charge in [0.2, 0.25) is 0 Å². The molecule has 0 aliphatic heterocycles. The van der Waals surface area contributed by atoms with Gasteiger partial charge in [0.15, 0.2) is 0 Å². The Morgan fingerprint density at radius 3 is 2.83 bits per heavy atom. The van der Waals surface area contributed by atoms with Crippen LogP contribution in [-0.2, 0) is 0 Å². The molecule has 0 aliphatic rings. The van der Waals surface area contributed by atoms with Gasteiger partial charge in [-0.25, -0.2) is 8.78 Å². The van der Waals surface area contributed by atoms with Crippen LogP contribution >= 0.6 is 11.5 Å². The average Bonchev–Trinajstić information content (AvgIpc) is 2.33. The molecule has 0 spiro atoms. The van der Waals surface area contributed by atoms with Crippen molar-refractivity contribution in [2.45, 2.75) is 0 Å². The maximum Gasteiger partial charge on any atom is 0.266 e. The first kappa shape index (κ1) is 7.42. The van der Waals surface area contributed by atoms with Crippen LogP contribution in [0, 0.1) is 11.6 Å². The predicted molar refractivity (Wildman–Crippen MR) is 42.4 cm³/mol. The molecule has 2 rings (SSSR count). The quantitative estimate of drug-likeness (QED) is 0.671. The molecule has 0 bridgehead atoms. The fraction of sp³-hybridized carbons (Fsp3) is 0. The molecule has 2 nitrogen and oxygen atoms in total. The summed E-state index contributed by atoms with van der Waals surface area (Å²) in [5, 5.41) is 0.0671. The molecule has 2 aromatic rings. The van der Waals surface area contributed by atoms with E-state index in [0.29, 0.717) is 0 Å². The normalized spacial score (nSPS) is 10.8. The van der Waals surface area contributed by atoms with E-state index in [1.807, 2.05) is 0 Å². The van der Waals surface area contributed by atoms with Gasteiger partial charge in [-0.05, 0) is 6.07 Å². The number of hydrogen-bond donors (Lipinski definition) is 1. The maximum absolute atomic E-state index is 12.9. The van der Waals surface area contributed by atoms with Crippen molar-refractivity contribution in [3.05, 3.63) is 34.1 Å². The van der Waals surface area contributed by atoms with Crippen molar-refractivity contribution >= 4 is 21.6 Å². The summed E-state index contributed by atoms with van der Waals surface area (Å²) in [6, 6.07) is 1.78. The second kappa shape index (κ2) is 2.38. The van der Waals surface area contributed by atoms with E-state index in [9.17, 15) is 13.6 Å². The average molecular weight is 187 g/mol. The molecular formula is C7H3F2NOS. The predicted octanol–water partition coefficient (Wildman–Crippen LogP) is 1.87. The van der Waals surface area contributed by atoms with Crippen LogP contribution in [0.5, 0.6) is 0 Å². The molecule has 0 saturated carbocycles. The molecule has 1 aromatic carbocycles. The van der Waals surface area contributed by atoms with Gasteiger partial charge >= 0.3 is 0 Å². The van der Waals surface area contributed by atoms with E-state index < -0.39 is 17.2 Å². The topological polar surface area (TPSA) is 32.9 Å². The summed E-state index contributed by atoms with van der Waals surface area (Å²) in [6.07, 6.45) is 0.